The zero-order valence-corrected chi connectivity index (χ0v) is 18.0. The number of ether oxygens (including phenoxy) is 1. The van der Waals surface area contributed by atoms with Gasteiger partial charge in [-0.15, -0.1) is 0 Å². The van der Waals surface area contributed by atoms with E-state index in [2.05, 4.69) is 6.92 Å². The largest absolute Gasteiger partial charge is 0.494 e. The molecule has 1 aliphatic rings. The Morgan fingerprint density at radius 2 is 1.86 bits per heavy atom. The lowest BCUT2D eigenvalue weighted by atomic mass is 10.1. The van der Waals surface area contributed by atoms with Gasteiger partial charge in [0.1, 0.15) is 16.1 Å². The summed E-state index contributed by atoms with van der Waals surface area (Å²) in [5.41, 5.74) is 0.843. The third kappa shape index (κ3) is 6.34. The predicted octanol–water partition coefficient (Wildman–Crippen LogP) is 5.10. The van der Waals surface area contributed by atoms with E-state index in [-0.39, 0.29) is 10.2 Å². The van der Waals surface area contributed by atoms with E-state index in [9.17, 15) is 9.59 Å². The SMILES string of the molecule is CCCCCCCCOc1ccc(/C=C2\SC(=S)N([C@@H](C)C(=O)O)C2=O)cc1. The molecule has 1 N–H and O–H groups in total. The number of carboxylic acids is 1. The molecule has 0 spiro atoms. The molecule has 0 aromatic heterocycles. The Morgan fingerprint density at radius 1 is 1.21 bits per heavy atom. The third-order valence-corrected chi connectivity index (χ3v) is 5.84. The number of unbranched alkanes of at least 4 members (excludes halogenated alkanes) is 5. The van der Waals surface area contributed by atoms with Crippen molar-refractivity contribution in [1.82, 2.24) is 4.90 Å². The van der Waals surface area contributed by atoms with Crippen LogP contribution in [-0.4, -0.2) is 38.9 Å². The molecule has 0 aliphatic carbocycles. The van der Waals surface area contributed by atoms with Crippen molar-refractivity contribution in [3.05, 3.63) is 34.7 Å². The van der Waals surface area contributed by atoms with Crippen molar-refractivity contribution in [2.75, 3.05) is 6.61 Å². The van der Waals surface area contributed by atoms with E-state index in [1.165, 1.54) is 39.0 Å². The van der Waals surface area contributed by atoms with Crippen LogP contribution in [-0.2, 0) is 9.59 Å². The van der Waals surface area contributed by atoms with E-state index in [1.54, 1.807) is 6.08 Å². The molecular weight excluding hydrogens is 394 g/mol. The van der Waals surface area contributed by atoms with E-state index in [0.717, 1.165) is 34.4 Å². The van der Waals surface area contributed by atoms with E-state index in [4.69, 9.17) is 22.1 Å². The van der Waals surface area contributed by atoms with Gasteiger partial charge in [-0.1, -0.05) is 75.1 Å². The summed E-state index contributed by atoms with van der Waals surface area (Å²) in [6.07, 6.45) is 9.08. The summed E-state index contributed by atoms with van der Waals surface area (Å²) in [7, 11) is 0. The van der Waals surface area contributed by atoms with Gasteiger partial charge in [0.2, 0.25) is 0 Å². The molecule has 1 fully saturated rings. The summed E-state index contributed by atoms with van der Waals surface area (Å²) in [5, 5.41) is 9.13. The Hall–Kier alpha value is -1.86. The fourth-order valence-corrected chi connectivity index (χ4v) is 4.23. The van der Waals surface area contributed by atoms with Gasteiger partial charge in [-0.3, -0.25) is 9.69 Å². The first-order chi connectivity index (χ1) is 13.4. The number of carbonyl (C=O) groups is 2. The number of hydrogen-bond acceptors (Lipinski definition) is 5. The molecule has 0 bridgehead atoms. The zero-order valence-electron chi connectivity index (χ0n) is 16.3. The van der Waals surface area contributed by atoms with Crippen LogP contribution in [0.25, 0.3) is 6.08 Å². The standard InChI is InChI=1S/C21H27NO4S2/c1-3-4-5-6-7-8-13-26-17-11-9-16(10-12-17)14-18-19(23)22(21(27)28-18)15(2)20(24)25/h9-12,14-15H,3-8,13H2,1-2H3,(H,24,25)/b18-14-/t15-/m0/s1. The summed E-state index contributed by atoms with van der Waals surface area (Å²) in [5.74, 6) is -0.643. The fourth-order valence-electron chi connectivity index (χ4n) is 2.81. The van der Waals surface area contributed by atoms with Gasteiger partial charge < -0.3 is 9.84 Å². The zero-order chi connectivity index (χ0) is 20.5. The van der Waals surface area contributed by atoms with Gasteiger partial charge in [-0.05, 0) is 37.1 Å². The first-order valence-electron chi connectivity index (χ1n) is 9.66. The van der Waals surface area contributed by atoms with Crippen LogP contribution in [0.2, 0.25) is 0 Å². The first-order valence-corrected chi connectivity index (χ1v) is 10.9. The number of hydrogen-bond donors (Lipinski definition) is 1. The van der Waals surface area contributed by atoms with E-state index < -0.39 is 12.0 Å². The summed E-state index contributed by atoms with van der Waals surface area (Å²) in [4.78, 5) is 25.2. The fraction of sp³-hybridized carbons (Fsp3) is 0.476. The molecule has 152 valence electrons. The minimum absolute atomic E-state index is 0.269. The van der Waals surface area contributed by atoms with Gasteiger partial charge >= 0.3 is 5.97 Å². The summed E-state index contributed by atoms with van der Waals surface area (Å²) in [6, 6.07) is 6.54. The van der Waals surface area contributed by atoms with Gasteiger partial charge in [-0.2, -0.15) is 0 Å². The average molecular weight is 422 g/mol. The second-order valence-corrected chi connectivity index (χ2v) is 8.43. The molecule has 2 rings (SSSR count). The van der Waals surface area contributed by atoms with Crippen molar-refractivity contribution in [2.24, 2.45) is 0 Å². The second kappa shape index (κ2) is 11.2. The number of thioether (sulfide) groups is 1. The lowest BCUT2D eigenvalue weighted by Gasteiger charge is -2.18. The van der Waals surface area contributed by atoms with Crippen LogP contribution in [0.4, 0.5) is 0 Å². The topological polar surface area (TPSA) is 66.8 Å². The number of amides is 1. The number of carboxylic acid groups (broad SMARTS) is 1. The number of rotatable bonds is 11. The quantitative estimate of drug-likeness (QED) is 0.305. The summed E-state index contributed by atoms with van der Waals surface area (Å²) < 4.78 is 6.03. The lowest BCUT2D eigenvalue weighted by molar-refractivity contribution is -0.144. The monoisotopic (exact) mass is 421 g/mol. The minimum Gasteiger partial charge on any atom is -0.494 e. The smallest absolute Gasteiger partial charge is 0.326 e. The van der Waals surface area contributed by atoms with Crippen LogP contribution < -0.4 is 4.74 Å². The lowest BCUT2D eigenvalue weighted by Crippen LogP contribution is -2.41. The molecule has 0 unspecified atom stereocenters. The molecule has 28 heavy (non-hydrogen) atoms. The van der Waals surface area contributed by atoms with Crippen molar-refractivity contribution < 1.29 is 19.4 Å². The Bertz CT molecular complexity index is 730. The number of benzene rings is 1. The Morgan fingerprint density at radius 3 is 2.50 bits per heavy atom. The van der Waals surface area contributed by atoms with Crippen LogP contribution in [0.1, 0.15) is 57.9 Å². The van der Waals surface area contributed by atoms with Crippen LogP contribution in [0.15, 0.2) is 29.2 Å². The molecule has 1 atom stereocenters. The molecule has 1 aromatic carbocycles. The van der Waals surface area contributed by atoms with E-state index >= 15 is 0 Å². The van der Waals surface area contributed by atoms with Crippen LogP contribution >= 0.6 is 24.0 Å². The van der Waals surface area contributed by atoms with Crippen molar-refractivity contribution >= 4 is 46.3 Å². The Labute approximate surface area is 176 Å². The van der Waals surface area contributed by atoms with Crippen LogP contribution in [0, 0.1) is 0 Å². The average Bonchev–Trinajstić information content (AvgIpc) is 2.95. The Balaban J connectivity index is 1.87. The molecule has 0 radical (unpaired) electrons. The maximum atomic E-state index is 12.5. The summed E-state index contributed by atoms with van der Waals surface area (Å²) >= 11 is 6.29. The normalized spacial score (nSPS) is 16.6. The third-order valence-electron chi connectivity index (χ3n) is 4.51. The highest BCUT2D eigenvalue weighted by molar-refractivity contribution is 8.26. The van der Waals surface area contributed by atoms with Gasteiger partial charge in [0.15, 0.2) is 0 Å². The molecule has 1 heterocycles. The van der Waals surface area contributed by atoms with Crippen LogP contribution in [0.5, 0.6) is 5.75 Å². The number of thiocarbonyl (C=S) groups is 1. The molecule has 0 saturated carbocycles. The van der Waals surface area contributed by atoms with Crippen LogP contribution in [0.3, 0.4) is 0 Å². The van der Waals surface area contributed by atoms with Crippen molar-refractivity contribution in [2.45, 2.75) is 58.4 Å². The molecule has 1 amide bonds. The number of aliphatic carboxylic acids is 1. The Kier molecular flexibility index (Phi) is 8.99. The highest BCUT2D eigenvalue weighted by Crippen LogP contribution is 2.34. The first kappa shape index (κ1) is 22.4. The molecule has 1 aromatic rings. The van der Waals surface area contributed by atoms with Crippen molar-refractivity contribution in [3.63, 3.8) is 0 Å². The van der Waals surface area contributed by atoms with Crippen molar-refractivity contribution in [1.29, 1.82) is 0 Å². The molecule has 7 heteroatoms. The van der Waals surface area contributed by atoms with E-state index in [0.29, 0.717) is 11.5 Å². The van der Waals surface area contributed by atoms with E-state index in [1.807, 2.05) is 24.3 Å². The number of nitrogens with zero attached hydrogens (tertiary/aromatic N) is 1. The number of carbonyl (C=O) groups excluding carboxylic acids is 1. The van der Waals surface area contributed by atoms with Gasteiger partial charge in [-0.25, -0.2) is 4.79 Å². The highest BCUT2D eigenvalue weighted by atomic mass is 32.2. The van der Waals surface area contributed by atoms with Gasteiger partial charge in [0.05, 0.1) is 11.5 Å². The highest BCUT2D eigenvalue weighted by Gasteiger charge is 2.38. The molecule has 5 nitrogen and oxygen atoms in total. The molecular formula is C21H27NO4S2. The summed E-state index contributed by atoms with van der Waals surface area (Å²) in [6.45, 7) is 4.37. The maximum Gasteiger partial charge on any atom is 0.326 e. The molecule has 1 saturated heterocycles. The van der Waals surface area contributed by atoms with Gasteiger partial charge in [0.25, 0.3) is 5.91 Å². The maximum absolute atomic E-state index is 12.5. The second-order valence-electron chi connectivity index (χ2n) is 6.75. The van der Waals surface area contributed by atoms with Gasteiger partial charge in [0, 0.05) is 0 Å². The minimum atomic E-state index is -1.08. The molecule has 1 aliphatic heterocycles. The van der Waals surface area contributed by atoms with Crippen molar-refractivity contribution in [3.8, 4) is 5.75 Å². The predicted molar refractivity (Wildman–Crippen MR) is 117 cm³/mol.